The SMILES string of the molecule is Clc1ccc(CC2C(CN3CCCC3)=Nc3ccccc32)cc1. The molecule has 1 unspecified atom stereocenters. The molecule has 0 N–H and O–H groups in total. The van der Waals surface area contributed by atoms with Crippen LogP contribution in [-0.4, -0.2) is 30.2 Å². The molecule has 118 valence electrons. The van der Waals surface area contributed by atoms with E-state index < -0.39 is 0 Å². The molecule has 2 aliphatic rings. The number of hydrogen-bond acceptors (Lipinski definition) is 2. The van der Waals surface area contributed by atoms with Crippen molar-refractivity contribution in [2.24, 2.45) is 4.99 Å². The van der Waals surface area contributed by atoms with E-state index in [1.54, 1.807) is 0 Å². The van der Waals surface area contributed by atoms with Gasteiger partial charge in [-0.15, -0.1) is 0 Å². The predicted octanol–water partition coefficient (Wildman–Crippen LogP) is 4.85. The van der Waals surface area contributed by atoms with Gasteiger partial charge in [-0.3, -0.25) is 9.89 Å². The molecule has 4 rings (SSSR count). The van der Waals surface area contributed by atoms with Crippen LogP contribution in [0, 0.1) is 0 Å². The highest BCUT2D eigenvalue weighted by Crippen LogP contribution is 2.37. The van der Waals surface area contributed by atoms with E-state index in [4.69, 9.17) is 16.6 Å². The van der Waals surface area contributed by atoms with Crippen LogP contribution in [0.1, 0.15) is 29.9 Å². The average molecular weight is 325 g/mol. The predicted molar refractivity (Wildman–Crippen MR) is 97.1 cm³/mol. The highest BCUT2D eigenvalue weighted by atomic mass is 35.5. The van der Waals surface area contributed by atoms with E-state index in [1.165, 1.54) is 42.8 Å². The van der Waals surface area contributed by atoms with Crippen molar-refractivity contribution in [3.8, 4) is 0 Å². The smallest absolute Gasteiger partial charge is 0.0668 e. The molecular weight excluding hydrogens is 304 g/mol. The van der Waals surface area contributed by atoms with Gasteiger partial charge < -0.3 is 0 Å². The topological polar surface area (TPSA) is 15.6 Å². The number of likely N-dealkylation sites (tertiary alicyclic amines) is 1. The minimum Gasteiger partial charge on any atom is -0.298 e. The van der Waals surface area contributed by atoms with E-state index in [0.29, 0.717) is 5.92 Å². The van der Waals surface area contributed by atoms with Crippen LogP contribution in [-0.2, 0) is 6.42 Å². The van der Waals surface area contributed by atoms with Gasteiger partial charge in [0.1, 0.15) is 0 Å². The molecule has 2 aromatic rings. The lowest BCUT2D eigenvalue weighted by Gasteiger charge is -2.20. The molecule has 0 aromatic heterocycles. The normalized spacial score (nSPS) is 20.6. The van der Waals surface area contributed by atoms with Crippen LogP contribution in [0.15, 0.2) is 53.5 Å². The third kappa shape index (κ3) is 3.19. The first-order chi connectivity index (χ1) is 11.3. The van der Waals surface area contributed by atoms with Gasteiger partial charge >= 0.3 is 0 Å². The number of nitrogens with zero attached hydrogens (tertiary/aromatic N) is 2. The minimum absolute atomic E-state index is 0.396. The van der Waals surface area contributed by atoms with Crippen molar-refractivity contribution in [1.29, 1.82) is 0 Å². The fourth-order valence-electron chi connectivity index (χ4n) is 3.70. The van der Waals surface area contributed by atoms with Crippen LogP contribution in [0.4, 0.5) is 5.69 Å². The quantitative estimate of drug-likeness (QED) is 0.785. The highest BCUT2D eigenvalue weighted by molar-refractivity contribution is 6.30. The zero-order valence-electron chi connectivity index (χ0n) is 13.2. The van der Waals surface area contributed by atoms with Crippen LogP contribution in [0.25, 0.3) is 0 Å². The molecule has 3 heteroatoms. The lowest BCUT2D eigenvalue weighted by atomic mass is 9.89. The molecule has 23 heavy (non-hydrogen) atoms. The van der Waals surface area contributed by atoms with E-state index in [9.17, 15) is 0 Å². The molecule has 2 nitrogen and oxygen atoms in total. The summed E-state index contributed by atoms with van der Waals surface area (Å²) in [6, 6.07) is 16.8. The van der Waals surface area contributed by atoms with Crippen LogP contribution < -0.4 is 0 Å². The Morgan fingerprint density at radius 2 is 1.74 bits per heavy atom. The van der Waals surface area contributed by atoms with Crippen molar-refractivity contribution in [3.63, 3.8) is 0 Å². The van der Waals surface area contributed by atoms with E-state index in [-0.39, 0.29) is 0 Å². The molecule has 0 spiro atoms. The Bertz CT molecular complexity index is 715. The molecule has 0 aliphatic carbocycles. The number of aliphatic imine (C=N–C) groups is 1. The van der Waals surface area contributed by atoms with Gasteiger partial charge in [-0.2, -0.15) is 0 Å². The molecule has 0 bridgehead atoms. The van der Waals surface area contributed by atoms with Gasteiger partial charge in [0, 0.05) is 23.2 Å². The number of hydrogen-bond donors (Lipinski definition) is 0. The van der Waals surface area contributed by atoms with Gasteiger partial charge in [0.15, 0.2) is 0 Å². The van der Waals surface area contributed by atoms with Crippen LogP contribution >= 0.6 is 11.6 Å². The summed E-state index contributed by atoms with van der Waals surface area (Å²) in [5, 5.41) is 0.798. The lowest BCUT2D eigenvalue weighted by Crippen LogP contribution is -2.29. The maximum Gasteiger partial charge on any atom is 0.0668 e. The first-order valence-corrected chi connectivity index (χ1v) is 8.80. The lowest BCUT2D eigenvalue weighted by molar-refractivity contribution is 0.385. The van der Waals surface area contributed by atoms with E-state index in [1.807, 2.05) is 12.1 Å². The average Bonchev–Trinajstić information content (AvgIpc) is 3.19. The molecule has 1 atom stereocenters. The van der Waals surface area contributed by atoms with Gasteiger partial charge in [-0.1, -0.05) is 41.9 Å². The third-order valence-corrected chi connectivity index (χ3v) is 5.17. The molecule has 0 radical (unpaired) electrons. The summed E-state index contributed by atoms with van der Waals surface area (Å²) in [6.45, 7) is 3.43. The molecule has 2 aliphatic heterocycles. The summed E-state index contributed by atoms with van der Waals surface area (Å²) in [5.74, 6) is 0.396. The number of para-hydroxylation sites is 1. The summed E-state index contributed by atoms with van der Waals surface area (Å²) in [7, 11) is 0. The van der Waals surface area contributed by atoms with Gasteiger partial charge in [0.2, 0.25) is 0 Å². The van der Waals surface area contributed by atoms with Gasteiger partial charge in [-0.25, -0.2) is 0 Å². The molecule has 0 saturated carbocycles. The van der Waals surface area contributed by atoms with E-state index >= 15 is 0 Å². The largest absolute Gasteiger partial charge is 0.298 e. The standard InChI is InChI=1S/C20H21ClN2/c21-16-9-7-15(8-10-16)13-18-17-5-1-2-6-19(17)22-20(18)14-23-11-3-4-12-23/h1-2,5-10,18H,3-4,11-14H2. The van der Waals surface area contributed by atoms with Gasteiger partial charge in [-0.05, 0) is 61.7 Å². The third-order valence-electron chi connectivity index (χ3n) is 4.92. The monoisotopic (exact) mass is 324 g/mol. The zero-order chi connectivity index (χ0) is 15.6. The molecule has 2 heterocycles. The van der Waals surface area contributed by atoms with Crippen molar-refractivity contribution in [3.05, 3.63) is 64.7 Å². The summed E-state index contributed by atoms with van der Waals surface area (Å²) in [4.78, 5) is 7.50. The van der Waals surface area contributed by atoms with Crippen molar-refractivity contribution in [2.45, 2.75) is 25.2 Å². The maximum absolute atomic E-state index is 6.02. The highest BCUT2D eigenvalue weighted by Gasteiger charge is 2.28. The Balaban J connectivity index is 1.60. The van der Waals surface area contributed by atoms with Crippen LogP contribution in [0.2, 0.25) is 5.02 Å². The Kier molecular flexibility index (Phi) is 4.19. The van der Waals surface area contributed by atoms with Crippen molar-refractivity contribution in [2.75, 3.05) is 19.6 Å². The fourth-order valence-corrected chi connectivity index (χ4v) is 3.82. The molecule has 1 fully saturated rings. The van der Waals surface area contributed by atoms with Crippen molar-refractivity contribution >= 4 is 23.0 Å². The fraction of sp³-hybridized carbons (Fsp3) is 0.350. The first-order valence-electron chi connectivity index (χ1n) is 8.43. The maximum atomic E-state index is 6.02. The Morgan fingerprint density at radius 1 is 1.00 bits per heavy atom. The summed E-state index contributed by atoms with van der Waals surface area (Å²) in [6.07, 6.45) is 3.64. The van der Waals surface area contributed by atoms with Gasteiger partial charge in [0.05, 0.1) is 5.69 Å². The summed E-state index contributed by atoms with van der Waals surface area (Å²) < 4.78 is 0. The number of halogens is 1. The summed E-state index contributed by atoms with van der Waals surface area (Å²) in [5.41, 5.74) is 5.17. The Morgan fingerprint density at radius 3 is 2.52 bits per heavy atom. The second-order valence-electron chi connectivity index (χ2n) is 6.53. The number of benzene rings is 2. The van der Waals surface area contributed by atoms with E-state index in [2.05, 4.69) is 41.3 Å². The molecule has 1 saturated heterocycles. The van der Waals surface area contributed by atoms with Crippen molar-refractivity contribution < 1.29 is 0 Å². The molecule has 0 amide bonds. The second-order valence-corrected chi connectivity index (χ2v) is 6.96. The van der Waals surface area contributed by atoms with Crippen molar-refractivity contribution in [1.82, 2.24) is 4.90 Å². The first kappa shape index (κ1) is 14.9. The number of rotatable bonds is 4. The minimum atomic E-state index is 0.396. The second kappa shape index (κ2) is 6.46. The van der Waals surface area contributed by atoms with Crippen LogP contribution in [0.5, 0.6) is 0 Å². The zero-order valence-corrected chi connectivity index (χ0v) is 14.0. The Hall–Kier alpha value is -1.64. The summed E-state index contributed by atoms with van der Waals surface area (Å²) >= 11 is 6.02. The molecule has 2 aromatic carbocycles. The molecular formula is C20H21ClN2. The number of fused-ring (bicyclic) bond motifs is 1. The van der Waals surface area contributed by atoms with E-state index in [0.717, 1.165) is 23.7 Å². The Labute approximate surface area is 142 Å². The van der Waals surface area contributed by atoms with Gasteiger partial charge in [0.25, 0.3) is 0 Å². The van der Waals surface area contributed by atoms with Crippen LogP contribution in [0.3, 0.4) is 0 Å².